The zero-order valence-corrected chi connectivity index (χ0v) is 37.8. The van der Waals surface area contributed by atoms with Gasteiger partial charge in [0.05, 0.1) is 25.2 Å². The third-order valence-corrected chi connectivity index (χ3v) is 11.6. The summed E-state index contributed by atoms with van der Waals surface area (Å²) < 4.78 is 5.90. The van der Waals surface area contributed by atoms with E-state index in [1.165, 1.54) is 173 Å². The van der Waals surface area contributed by atoms with Gasteiger partial charge in [-0.25, -0.2) is 0 Å². The minimum Gasteiger partial charge on any atom is -0.462 e. The molecule has 0 heterocycles. The number of hydrogen-bond donors (Lipinski definition) is 3. The molecule has 6 heteroatoms. The molecule has 0 fully saturated rings. The number of rotatable bonds is 45. The topological polar surface area (TPSA) is 95.9 Å². The maximum absolute atomic E-state index is 13.1. The summed E-state index contributed by atoms with van der Waals surface area (Å²) in [6, 6.07) is -0.696. The number of aliphatic hydroxyl groups is 2. The summed E-state index contributed by atoms with van der Waals surface area (Å²) >= 11 is 0. The molecule has 0 aliphatic carbocycles. The zero-order valence-electron chi connectivity index (χ0n) is 37.8. The summed E-state index contributed by atoms with van der Waals surface area (Å²) in [5.74, 6) is -0.481. The van der Waals surface area contributed by atoms with Crippen molar-refractivity contribution >= 4 is 11.9 Å². The van der Waals surface area contributed by atoms with E-state index in [1.807, 2.05) is 0 Å². The largest absolute Gasteiger partial charge is 0.462 e. The maximum Gasteiger partial charge on any atom is 0.306 e. The lowest BCUT2D eigenvalue weighted by atomic mass is 10.0. The number of nitrogens with one attached hydrogen (secondary N) is 1. The van der Waals surface area contributed by atoms with Crippen molar-refractivity contribution in [3.8, 4) is 0 Å². The normalized spacial score (nSPS) is 13.3. The Morgan fingerprint density at radius 2 is 0.857 bits per heavy atom. The van der Waals surface area contributed by atoms with E-state index in [9.17, 15) is 19.8 Å². The monoisotopic (exact) mass is 792 g/mol. The molecule has 0 aromatic rings. The van der Waals surface area contributed by atoms with Crippen molar-refractivity contribution in [2.24, 2.45) is 0 Å². The predicted molar refractivity (Wildman–Crippen MR) is 241 cm³/mol. The van der Waals surface area contributed by atoms with Gasteiger partial charge in [0.15, 0.2) is 0 Å². The molecule has 3 atom stereocenters. The van der Waals surface area contributed by atoms with Crippen LogP contribution >= 0.6 is 0 Å². The summed E-state index contributed by atoms with van der Waals surface area (Å²) in [7, 11) is 0. The second-order valence-corrected chi connectivity index (χ2v) is 17.2. The van der Waals surface area contributed by atoms with Crippen LogP contribution in [0.1, 0.15) is 271 Å². The quantitative estimate of drug-likeness (QED) is 0.0324. The van der Waals surface area contributed by atoms with Crippen LogP contribution in [0.3, 0.4) is 0 Å². The number of ether oxygens (including phenoxy) is 1. The first-order valence-corrected chi connectivity index (χ1v) is 24.9. The molecule has 0 rings (SSSR count). The van der Waals surface area contributed by atoms with E-state index in [1.54, 1.807) is 0 Å². The first-order valence-electron chi connectivity index (χ1n) is 24.9. The fourth-order valence-corrected chi connectivity index (χ4v) is 7.78. The Morgan fingerprint density at radius 1 is 0.500 bits per heavy atom. The molecule has 332 valence electrons. The van der Waals surface area contributed by atoms with Crippen molar-refractivity contribution in [2.75, 3.05) is 6.61 Å². The van der Waals surface area contributed by atoms with Gasteiger partial charge in [-0.2, -0.15) is 0 Å². The summed E-state index contributed by atoms with van der Waals surface area (Å²) in [5, 5.41) is 23.7. The predicted octanol–water partition coefficient (Wildman–Crippen LogP) is 14.6. The highest BCUT2D eigenvalue weighted by Crippen LogP contribution is 2.18. The second-order valence-electron chi connectivity index (χ2n) is 17.2. The molecule has 3 unspecified atom stereocenters. The van der Waals surface area contributed by atoms with E-state index in [0.717, 1.165) is 51.4 Å². The number of carbonyl (C=O) groups is 2. The highest BCUT2D eigenvalue weighted by Gasteiger charge is 2.24. The lowest BCUT2D eigenvalue weighted by Gasteiger charge is -2.24. The molecule has 0 spiro atoms. The van der Waals surface area contributed by atoms with Crippen molar-refractivity contribution in [3.05, 3.63) is 12.2 Å². The molecule has 0 aliphatic rings. The van der Waals surface area contributed by atoms with Crippen LogP contribution in [0.4, 0.5) is 0 Å². The van der Waals surface area contributed by atoms with Crippen LogP contribution in [-0.4, -0.2) is 46.9 Å². The van der Waals surface area contributed by atoms with Crippen LogP contribution in [0.2, 0.25) is 0 Å². The highest BCUT2D eigenvalue weighted by molar-refractivity contribution is 5.77. The Labute approximate surface area is 349 Å². The van der Waals surface area contributed by atoms with E-state index in [0.29, 0.717) is 19.3 Å². The Morgan fingerprint density at radius 3 is 1.27 bits per heavy atom. The molecular weight excluding hydrogens is 695 g/mol. The highest BCUT2D eigenvalue weighted by atomic mass is 16.5. The van der Waals surface area contributed by atoms with Gasteiger partial charge in [-0.15, -0.1) is 0 Å². The number of unbranched alkanes of at least 4 members (excludes halogenated alkanes) is 31. The SMILES string of the molecule is CCCCCCCCC/C=C\CCCCCC(=O)OC(CCCCCCCCCCC)CC(=O)NC(CO)C(O)CCCCCCCCCCCCCCCC. The van der Waals surface area contributed by atoms with Gasteiger partial charge >= 0.3 is 5.97 Å². The Bertz CT molecular complexity index is 847. The maximum atomic E-state index is 13.1. The molecule has 0 radical (unpaired) electrons. The van der Waals surface area contributed by atoms with Crippen molar-refractivity contribution < 1.29 is 24.5 Å². The molecule has 0 saturated carbocycles. The molecule has 0 bridgehead atoms. The number of esters is 1. The minimum atomic E-state index is -0.783. The third-order valence-electron chi connectivity index (χ3n) is 11.6. The van der Waals surface area contributed by atoms with Crippen LogP contribution in [0.5, 0.6) is 0 Å². The van der Waals surface area contributed by atoms with Crippen molar-refractivity contribution in [1.82, 2.24) is 5.32 Å². The fraction of sp³-hybridized carbons (Fsp3) is 0.920. The number of hydrogen-bond acceptors (Lipinski definition) is 5. The summed E-state index contributed by atoms with van der Waals surface area (Å²) in [4.78, 5) is 26.0. The molecule has 56 heavy (non-hydrogen) atoms. The number of amides is 1. The summed E-state index contributed by atoms with van der Waals surface area (Å²) in [5.41, 5.74) is 0. The second kappa shape index (κ2) is 44.7. The van der Waals surface area contributed by atoms with Crippen LogP contribution < -0.4 is 5.32 Å². The standard InChI is InChI=1S/C50H97NO5/c1-4-7-10-13-16-19-21-23-25-27-30-33-36-39-42-48(53)47(45-52)51-49(54)44-46(41-38-35-32-29-18-15-12-9-6-3)56-50(55)43-40-37-34-31-28-26-24-22-20-17-14-11-8-5-2/h26,28,46-48,52-53H,4-25,27,29-45H2,1-3H3,(H,51,54)/b28-26-. The lowest BCUT2D eigenvalue weighted by Crippen LogP contribution is -2.46. The van der Waals surface area contributed by atoms with Gasteiger partial charge in [0.2, 0.25) is 5.91 Å². The first kappa shape index (κ1) is 54.6. The molecule has 0 aliphatic heterocycles. The van der Waals surface area contributed by atoms with Crippen LogP contribution in [0, 0.1) is 0 Å². The van der Waals surface area contributed by atoms with Crippen LogP contribution in [-0.2, 0) is 14.3 Å². The molecular formula is C50H97NO5. The molecule has 6 nitrogen and oxygen atoms in total. The Kier molecular flexibility index (Phi) is 43.6. The van der Waals surface area contributed by atoms with E-state index >= 15 is 0 Å². The number of allylic oxidation sites excluding steroid dienone is 2. The Hall–Kier alpha value is -1.40. The van der Waals surface area contributed by atoms with Gasteiger partial charge < -0.3 is 20.3 Å². The van der Waals surface area contributed by atoms with Gasteiger partial charge in [-0.1, -0.05) is 219 Å². The van der Waals surface area contributed by atoms with E-state index in [4.69, 9.17) is 4.74 Å². The number of aliphatic hydroxyl groups excluding tert-OH is 2. The molecule has 0 saturated heterocycles. The molecule has 0 aromatic carbocycles. The summed E-state index contributed by atoms with van der Waals surface area (Å²) in [6.45, 7) is 6.47. The van der Waals surface area contributed by atoms with Crippen molar-refractivity contribution in [1.29, 1.82) is 0 Å². The molecule has 1 amide bonds. The minimum absolute atomic E-state index is 0.0777. The van der Waals surface area contributed by atoms with Crippen LogP contribution in [0.15, 0.2) is 12.2 Å². The Balaban J connectivity index is 4.47. The van der Waals surface area contributed by atoms with Gasteiger partial charge in [0.1, 0.15) is 6.10 Å². The molecule has 3 N–H and O–H groups in total. The fourth-order valence-electron chi connectivity index (χ4n) is 7.78. The van der Waals surface area contributed by atoms with E-state index < -0.39 is 18.2 Å². The van der Waals surface area contributed by atoms with Gasteiger partial charge in [-0.05, 0) is 51.4 Å². The van der Waals surface area contributed by atoms with Crippen LogP contribution in [0.25, 0.3) is 0 Å². The summed E-state index contributed by atoms with van der Waals surface area (Å²) in [6.07, 6.45) is 48.4. The van der Waals surface area contributed by atoms with Gasteiger partial charge in [0, 0.05) is 6.42 Å². The molecule has 0 aromatic heterocycles. The van der Waals surface area contributed by atoms with Crippen molar-refractivity contribution in [3.63, 3.8) is 0 Å². The van der Waals surface area contributed by atoms with Gasteiger partial charge in [0.25, 0.3) is 0 Å². The van der Waals surface area contributed by atoms with Gasteiger partial charge in [-0.3, -0.25) is 9.59 Å². The first-order chi connectivity index (χ1) is 27.5. The van der Waals surface area contributed by atoms with Crippen molar-refractivity contribution in [2.45, 2.75) is 289 Å². The lowest BCUT2D eigenvalue weighted by molar-refractivity contribution is -0.151. The number of carbonyl (C=O) groups excluding carboxylic acids is 2. The third kappa shape index (κ3) is 39.4. The smallest absolute Gasteiger partial charge is 0.306 e. The average molecular weight is 792 g/mol. The zero-order chi connectivity index (χ0) is 41.0. The van der Waals surface area contributed by atoms with E-state index in [-0.39, 0.29) is 24.9 Å². The van der Waals surface area contributed by atoms with E-state index in [2.05, 4.69) is 38.2 Å². The average Bonchev–Trinajstić information content (AvgIpc) is 3.19.